The number of fused-ring (bicyclic) bond motifs is 1. The second-order valence-electron chi connectivity index (χ2n) is 7.16. The van der Waals surface area contributed by atoms with Crippen LogP contribution in [0.25, 0.3) is 0 Å². The molecule has 3 rings (SSSR count). The summed E-state index contributed by atoms with van der Waals surface area (Å²) in [5, 5.41) is 0.895. The Balaban J connectivity index is 1.80. The van der Waals surface area contributed by atoms with Crippen LogP contribution in [-0.2, 0) is 40.1 Å². The minimum atomic E-state index is -3.99. The molecule has 9 nitrogen and oxygen atoms in total. The van der Waals surface area contributed by atoms with Crippen LogP contribution in [0, 0.1) is 0 Å². The molecule has 0 aliphatic carbocycles. The number of alkyl halides is 1. The van der Waals surface area contributed by atoms with Gasteiger partial charge in [0.05, 0.1) is 6.42 Å². The second-order valence-corrected chi connectivity index (χ2v) is 12.1. The fourth-order valence-electron chi connectivity index (χ4n) is 3.46. The highest BCUT2D eigenvalue weighted by Crippen LogP contribution is 2.54. The van der Waals surface area contributed by atoms with Gasteiger partial charge in [-0.1, -0.05) is 28.6 Å². The molecular formula is C17H19BrN2O7S2. The number of hydrogen-bond acceptors (Lipinski definition) is 9. The van der Waals surface area contributed by atoms with Crippen LogP contribution in [-0.4, -0.2) is 69.8 Å². The minimum absolute atomic E-state index is 0.0853. The van der Waals surface area contributed by atoms with Gasteiger partial charge in [-0.05, 0) is 13.8 Å². The highest BCUT2D eigenvalue weighted by Gasteiger charge is 2.78. The van der Waals surface area contributed by atoms with Crippen LogP contribution in [0.1, 0.15) is 18.9 Å². The van der Waals surface area contributed by atoms with Crippen LogP contribution in [0.5, 0.6) is 0 Å². The summed E-state index contributed by atoms with van der Waals surface area (Å²) in [5.41, 5.74) is 0. The molecule has 0 N–H and O–H groups in total. The number of carbonyl (C=O) groups is 3. The lowest BCUT2D eigenvalue weighted by molar-refractivity contribution is -0.167. The molecule has 2 fully saturated rings. The quantitative estimate of drug-likeness (QED) is 0.231. The van der Waals surface area contributed by atoms with Gasteiger partial charge in [-0.3, -0.25) is 9.59 Å². The number of hydrogen-bond donors (Lipinski definition) is 0. The molecule has 2 saturated heterocycles. The van der Waals surface area contributed by atoms with E-state index < -0.39 is 54.8 Å². The average Bonchev–Trinajstić information content (AvgIpc) is 3.20. The van der Waals surface area contributed by atoms with Crippen molar-refractivity contribution in [1.82, 2.24) is 9.88 Å². The summed E-state index contributed by atoms with van der Waals surface area (Å²) < 4.78 is 33.2. The summed E-state index contributed by atoms with van der Waals surface area (Å²) in [5.74, 6) is -2.12. The largest absolute Gasteiger partial charge is 0.463 e. The van der Waals surface area contributed by atoms with Crippen molar-refractivity contribution < 1.29 is 32.3 Å². The van der Waals surface area contributed by atoms with Gasteiger partial charge < -0.3 is 14.4 Å². The van der Waals surface area contributed by atoms with E-state index in [0.29, 0.717) is 5.01 Å². The van der Waals surface area contributed by atoms with Gasteiger partial charge in [-0.25, -0.2) is 18.2 Å². The highest BCUT2D eigenvalue weighted by atomic mass is 79.9. The number of sulfone groups is 1. The van der Waals surface area contributed by atoms with E-state index in [9.17, 15) is 22.8 Å². The molecule has 0 bridgehead atoms. The van der Waals surface area contributed by atoms with E-state index in [2.05, 4.69) is 27.5 Å². The molecular weight excluding hydrogens is 488 g/mol. The van der Waals surface area contributed by atoms with E-state index in [1.807, 2.05) is 0 Å². The fourth-order valence-corrected chi connectivity index (χ4v) is 7.61. The number of amides is 1. The molecule has 0 radical (unpaired) electrons. The Bertz CT molecular complexity index is 960. The molecule has 29 heavy (non-hydrogen) atoms. The molecule has 12 heteroatoms. The molecule has 2 aliphatic rings. The van der Waals surface area contributed by atoms with Crippen molar-refractivity contribution in [3.63, 3.8) is 0 Å². The van der Waals surface area contributed by atoms with Crippen molar-refractivity contribution in [2.75, 3.05) is 13.2 Å². The predicted molar refractivity (Wildman–Crippen MR) is 107 cm³/mol. The zero-order valence-electron chi connectivity index (χ0n) is 15.7. The lowest BCUT2D eigenvalue weighted by Crippen LogP contribution is -2.74. The zero-order valence-corrected chi connectivity index (χ0v) is 18.9. The molecule has 3 atom stereocenters. The minimum Gasteiger partial charge on any atom is -0.463 e. The number of ether oxygens (including phenoxy) is 2. The molecule has 0 spiro atoms. The summed E-state index contributed by atoms with van der Waals surface area (Å²) in [7, 11) is -3.99. The molecule has 3 heterocycles. The van der Waals surface area contributed by atoms with Crippen LogP contribution >= 0.6 is 27.3 Å². The summed E-state index contributed by atoms with van der Waals surface area (Å²) in [6.07, 6.45) is 2.81. The third kappa shape index (κ3) is 3.30. The first kappa shape index (κ1) is 21.9. The maximum Gasteiger partial charge on any atom is 0.330 e. The summed E-state index contributed by atoms with van der Waals surface area (Å²) >= 11 is 4.45. The predicted octanol–water partition coefficient (Wildman–Crippen LogP) is 0.836. The van der Waals surface area contributed by atoms with Gasteiger partial charge in [0, 0.05) is 11.6 Å². The number of halogens is 1. The maximum absolute atomic E-state index is 13.1. The van der Waals surface area contributed by atoms with Crippen molar-refractivity contribution in [2.45, 2.75) is 40.8 Å². The van der Waals surface area contributed by atoms with E-state index in [1.165, 1.54) is 31.3 Å². The van der Waals surface area contributed by atoms with E-state index in [1.54, 1.807) is 11.6 Å². The molecule has 2 aliphatic heterocycles. The third-order valence-electron chi connectivity index (χ3n) is 4.99. The van der Waals surface area contributed by atoms with Gasteiger partial charge in [0.15, 0.2) is 19.5 Å². The monoisotopic (exact) mass is 506 g/mol. The second kappa shape index (κ2) is 7.47. The van der Waals surface area contributed by atoms with E-state index >= 15 is 0 Å². The number of esters is 2. The molecule has 1 amide bonds. The van der Waals surface area contributed by atoms with Crippen LogP contribution < -0.4 is 0 Å². The van der Waals surface area contributed by atoms with E-state index in [4.69, 9.17) is 9.47 Å². The Labute approximate surface area is 180 Å². The summed E-state index contributed by atoms with van der Waals surface area (Å²) in [4.78, 5) is 42.3. The Kier molecular flexibility index (Phi) is 5.65. The van der Waals surface area contributed by atoms with Gasteiger partial charge in [-0.2, -0.15) is 0 Å². The lowest BCUT2D eigenvalue weighted by atomic mass is 9.92. The first-order chi connectivity index (χ1) is 13.5. The summed E-state index contributed by atoms with van der Waals surface area (Å²) in [6.45, 7) is 5.59. The van der Waals surface area contributed by atoms with Crippen molar-refractivity contribution in [3.8, 4) is 0 Å². The lowest BCUT2D eigenvalue weighted by Gasteiger charge is -2.48. The Morgan fingerprint density at radius 3 is 2.69 bits per heavy atom. The summed E-state index contributed by atoms with van der Waals surface area (Å²) in [6, 6.07) is -1.30. The number of aromatic nitrogens is 1. The van der Waals surface area contributed by atoms with Gasteiger partial charge in [0.2, 0.25) is 5.91 Å². The Hall–Kier alpha value is -1.79. The smallest absolute Gasteiger partial charge is 0.330 e. The van der Waals surface area contributed by atoms with Crippen LogP contribution in [0.3, 0.4) is 0 Å². The van der Waals surface area contributed by atoms with Crippen LogP contribution in [0.2, 0.25) is 0 Å². The first-order valence-electron chi connectivity index (χ1n) is 8.55. The van der Waals surface area contributed by atoms with Crippen molar-refractivity contribution in [2.24, 2.45) is 0 Å². The number of nitrogens with zero attached hydrogens (tertiary/aromatic N) is 2. The molecule has 1 aromatic heterocycles. The first-order valence-corrected chi connectivity index (χ1v) is 11.8. The topological polar surface area (TPSA) is 120 Å². The zero-order chi connectivity index (χ0) is 21.6. The molecule has 0 aromatic carbocycles. The van der Waals surface area contributed by atoms with Gasteiger partial charge in [0.1, 0.15) is 29.0 Å². The molecule has 1 unspecified atom stereocenters. The molecule has 1 aromatic rings. The average molecular weight is 507 g/mol. The standard InChI is InChI=1S/C17H19BrN2O7S2/c1-4-6-26-13(22)12-16(2,3)29(24,25)15-17(18,14(23)20(12)15)9-27-11(21)8-10-19-5-7-28-10/h4-5,7,12,15H,1,6,8-9H2,2-3H3/t12-,15+,17?/m0/s1. The van der Waals surface area contributed by atoms with Crippen molar-refractivity contribution in [3.05, 3.63) is 29.2 Å². The van der Waals surface area contributed by atoms with Crippen molar-refractivity contribution in [1.29, 1.82) is 0 Å². The van der Waals surface area contributed by atoms with E-state index in [0.717, 1.165) is 4.90 Å². The molecule has 0 saturated carbocycles. The van der Waals surface area contributed by atoms with Gasteiger partial charge in [-0.15, -0.1) is 11.3 Å². The van der Waals surface area contributed by atoms with Crippen LogP contribution in [0.4, 0.5) is 0 Å². The Morgan fingerprint density at radius 2 is 2.10 bits per heavy atom. The van der Waals surface area contributed by atoms with Crippen LogP contribution in [0.15, 0.2) is 24.2 Å². The maximum atomic E-state index is 13.1. The van der Waals surface area contributed by atoms with Gasteiger partial charge in [0.25, 0.3) is 0 Å². The SMILES string of the molecule is C=CCOC(=O)[C@@H]1N2C(=O)C(Br)(COC(=O)Cc3nccs3)[C@H]2S(=O)(=O)C1(C)C. The third-order valence-corrected chi connectivity index (χ3v) is 9.98. The van der Waals surface area contributed by atoms with Gasteiger partial charge >= 0.3 is 11.9 Å². The number of β-lactam (4-membered cyclic amide) rings is 1. The molecule has 158 valence electrons. The number of rotatable bonds is 7. The fraction of sp³-hybridized carbons (Fsp3) is 0.529. The normalized spacial score (nSPS) is 28.9. The number of carbonyl (C=O) groups excluding carboxylic acids is 3. The van der Waals surface area contributed by atoms with E-state index in [-0.39, 0.29) is 13.0 Å². The number of thiazole rings is 1. The highest BCUT2D eigenvalue weighted by molar-refractivity contribution is 9.10. The Morgan fingerprint density at radius 1 is 1.41 bits per heavy atom. The van der Waals surface area contributed by atoms with Crippen molar-refractivity contribution >= 4 is 54.9 Å².